The van der Waals surface area contributed by atoms with Crippen LogP contribution in [-0.2, 0) is 11.2 Å². The molecule has 1 aliphatic rings. The van der Waals surface area contributed by atoms with Crippen LogP contribution in [0.5, 0.6) is 5.75 Å². The number of carbonyl (C=O) groups excluding carboxylic acids is 1. The minimum absolute atomic E-state index is 0.0227. The van der Waals surface area contributed by atoms with Crippen molar-refractivity contribution in [3.63, 3.8) is 0 Å². The Kier molecular flexibility index (Phi) is 8.59. The lowest BCUT2D eigenvalue weighted by atomic mass is 9.89. The fourth-order valence-corrected chi connectivity index (χ4v) is 5.73. The number of hydrogen-bond donors (Lipinski definition) is 2. The van der Waals surface area contributed by atoms with Crippen LogP contribution in [0.15, 0.2) is 66.7 Å². The van der Waals surface area contributed by atoms with Gasteiger partial charge in [0.25, 0.3) is 0 Å². The molecule has 204 valence electrons. The van der Waals surface area contributed by atoms with E-state index in [2.05, 4.69) is 57.7 Å². The van der Waals surface area contributed by atoms with Crippen LogP contribution in [0, 0.1) is 5.92 Å². The maximum atomic E-state index is 12.1. The largest absolute Gasteiger partial charge is 0.497 e. The summed E-state index contributed by atoms with van der Waals surface area (Å²) >= 11 is 6.17. The topological polar surface area (TPSA) is 57.4 Å². The number of benzene rings is 3. The maximum absolute atomic E-state index is 12.1. The van der Waals surface area contributed by atoms with E-state index in [4.69, 9.17) is 16.3 Å². The van der Waals surface area contributed by atoms with Crippen molar-refractivity contribution in [2.24, 2.45) is 5.92 Å². The van der Waals surface area contributed by atoms with Crippen LogP contribution in [0.3, 0.4) is 0 Å². The molecule has 1 fully saturated rings. The van der Waals surface area contributed by atoms with Gasteiger partial charge >= 0.3 is 0 Å². The molecule has 1 saturated heterocycles. The first-order valence-corrected chi connectivity index (χ1v) is 14.4. The van der Waals surface area contributed by atoms with Gasteiger partial charge < -0.3 is 19.9 Å². The van der Waals surface area contributed by atoms with Gasteiger partial charge in [-0.05, 0) is 110 Å². The zero-order valence-electron chi connectivity index (χ0n) is 23.1. The third-order valence-corrected chi connectivity index (χ3v) is 8.14. The van der Waals surface area contributed by atoms with Crippen molar-refractivity contribution < 1.29 is 9.53 Å². The first kappa shape index (κ1) is 27.3. The average molecular weight is 544 g/mol. The molecule has 0 aliphatic carbocycles. The Morgan fingerprint density at radius 2 is 1.85 bits per heavy atom. The predicted molar refractivity (Wildman–Crippen MR) is 162 cm³/mol. The highest BCUT2D eigenvalue weighted by Crippen LogP contribution is 2.35. The van der Waals surface area contributed by atoms with E-state index in [1.165, 1.54) is 16.5 Å². The zero-order valence-corrected chi connectivity index (χ0v) is 23.9. The van der Waals surface area contributed by atoms with E-state index in [1.54, 1.807) is 7.11 Å². The third kappa shape index (κ3) is 6.48. The second-order valence-corrected chi connectivity index (χ2v) is 11.3. The number of carbonyl (C=O) groups is 1. The van der Waals surface area contributed by atoms with E-state index >= 15 is 0 Å². The highest BCUT2D eigenvalue weighted by molar-refractivity contribution is 6.30. The molecule has 0 saturated carbocycles. The molecule has 0 atom stereocenters. The summed E-state index contributed by atoms with van der Waals surface area (Å²) in [7, 11) is 1.72. The van der Waals surface area contributed by atoms with Crippen molar-refractivity contribution in [1.82, 2.24) is 9.88 Å². The molecular formula is C33H38ClN3O2. The van der Waals surface area contributed by atoms with Gasteiger partial charge in [0, 0.05) is 33.2 Å². The monoisotopic (exact) mass is 543 g/mol. The molecule has 0 bridgehead atoms. The van der Waals surface area contributed by atoms with Crippen LogP contribution in [0.1, 0.15) is 50.2 Å². The first-order chi connectivity index (χ1) is 18.9. The van der Waals surface area contributed by atoms with E-state index in [-0.39, 0.29) is 11.8 Å². The summed E-state index contributed by atoms with van der Waals surface area (Å²) in [5.74, 6) is 1.45. The number of H-pyrrole nitrogens is 1. The standard InChI is InChI=1S/C33H38ClN3O2/c1-22(2)33(38)35-27-7-4-6-25(20-27)23-15-18-37(19-16-23)17-5-8-29-30-21-28(39-3)13-14-31(30)36-32(29)24-9-11-26(34)12-10-24/h4,6-7,9-14,20-23,36H,5,8,15-19H2,1-3H3,(H,35,38). The number of nitrogens with one attached hydrogen (secondary N) is 2. The van der Waals surface area contributed by atoms with Gasteiger partial charge in [0.2, 0.25) is 5.91 Å². The number of aryl methyl sites for hydroxylation is 1. The number of ether oxygens (including phenoxy) is 1. The lowest BCUT2D eigenvalue weighted by Crippen LogP contribution is -2.33. The van der Waals surface area contributed by atoms with Crippen LogP contribution in [0.25, 0.3) is 22.2 Å². The Morgan fingerprint density at radius 3 is 2.56 bits per heavy atom. The Balaban J connectivity index is 1.22. The van der Waals surface area contributed by atoms with Gasteiger partial charge in [-0.1, -0.05) is 49.7 Å². The average Bonchev–Trinajstić information content (AvgIpc) is 3.31. The third-order valence-electron chi connectivity index (χ3n) is 7.88. The second kappa shape index (κ2) is 12.3. The summed E-state index contributed by atoms with van der Waals surface area (Å²) in [5.41, 5.74) is 7.01. The molecule has 2 heterocycles. The van der Waals surface area contributed by atoms with Crippen molar-refractivity contribution in [2.45, 2.75) is 45.4 Å². The molecule has 1 aliphatic heterocycles. The van der Waals surface area contributed by atoms with Gasteiger partial charge in [0.05, 0.1) is 7.11 Å². The maximum Gasteiger partial charge on any atom is 0.226 e. The summed E-state index contributed by atoms with van der Waals surface area (Å²) in [6, 6.07) is 22.7. The number of amides is 1. The summed E-state index contributed by atoms with van der Waals surface area (Å²) in [6.07, 6.45) is 4.36. The number of fused-ring (bicyclic) bond motifs is 1. The van der Waals surface area contributed by atoms with Gasteiger partial charge in [0.1, 0.15) is 5.75 Å². The molecule has 1 aromatic heterocycles. The quantitative estimate of drug-likeness (QED) is 0.225. The van der Waals surface area contributed by atoms with Crippen LogP contribution >= 0.6 is 11.6 Å². The van der Waals surface area contributed by atoms with Gasteiger partial charge in [-0.25, -0.2) is 0 Å². The lowest BCUT2D eigenvalue weighted by molar-refractivity contribution is -0.118. The number of rotatable bonds is 9. The number of hydrogen-bond acceptors (Lipinski definition) is 3. The number of likely N-dealkylation sites (tertiary alicyclic amines) is 1. The second-order valence-electron chi connectivity index (χ2n) is 10.9. The minimum atomic E-state index is -0.0227. The Hall–Kier alpha value is -3.28. The van der Waals surface area contributed by atoms with Crippen LogP contribution in [0.4, 0.5) is 5.69 Å². The van der Waals surface area contributed by atoms with Crippen molar-refractivity contribution in [1.29, 1.82) is 0 Å². The van der Waals surface area contributed by atoms with E-state index < -0.39 is 0 Å². The molecule has 2 N–H and O–H groups in total. The molecule has 0 unspecified atom stereocenters. The molecule has 5 nitrogen and oxygen atoms in total. The fourth-order valence-electron chi connectivity index (χ4n) is 5.60. The summed E-state index contributed by atoms with van der Waals surface area (Å²) in [6.45, 7) is 7.11. The van der Waals surface area contributed by atoms with E-state index in [0.717, 1.165) is 78.6 Å². The number of aromatic amines is 1. The number of halogens is 1. The Morgan fingerprint density at radius 1 is 1.08 bits per heavy atom. The fraction of sp³-hybridized carbons (Fsp3) is 0.364. The lowest BCUT2D eigenvalue weighted by Gasteiger charge is -2.32. The zero-order chi connectivity index (χ0) is 27.4. The molecule has 1 amide bonds. The van der Waals surface area contributed by atoms with Gasteiger partial charge in [-0.3, -0.25) is 4.79 Å². The van der Waals surface area contributed by atoms with Crippen molar-refractivity contribution in [3.05, 3.63) is 82.9 Å². The van der Waals surface area contributed by atoms with Gasteiger partial charge in [-0.2, -0.15) is 0 Å². The molecule has 6 heteroatoms. The predicted octanol–water partition coefficient (Wildman–Crippen LogP) is 7.90. The molecule has 39 heavy (non-hydrogen) atoms. The van der Waals surface area contributed by atoms with Crippen LogP contribution in [0.2, 0.25) is 5.02 Å². The van der Waals surface area contributed by atoms with Gasteiger partial charge in [-0.15, -0.1) is 0 Å². The van der Waals surface area contributed by atoms with Crippen LogP contribution < -0.4 is 10.1 Å². The molecular weight excluding hydrogens is 506 g/mol. The van der Waals surface area contributed by atoms with E-state index in [1.807, 2.05) is 38.1 Å². The Bertz CT molecular complexity index is 1420. The summed E-state index contributed by atoms with van der Waals surface area (Å²) in [4.78, 5) is 18.4. The number of aromatic nitrogens is 1. The SMILES string of the molecule is COc1ccc2[nH]c(-c3ccc(Cl)cc3)c(CCCN3CCC(c4cccc(NC(=O)C(C)C)c4)CC3)c2c1. The van der Waals surface area contributed by atoms with Crippen LogP contribution in [-0.4, -0.2) is 42.5 Å². The molecule has 0 spiro atoms. The minimum Gasteiger partial charge on any atom is -0.497 e. The number of piperidine rings is 1. The molecule has 5 rings (SSSR count). The molecule has 4 aromatic rings. The van der Waals surface area contributed by atoms with Crippen molar-refractivity contribution in [3.8, 4) is 17.0 Å². The Labute approximate surface area is 236 Å². The number of methoxy groups -OCH3 is 1. The van der Waals surface area contributed by atoms with Crippen molar-refractivity contribution >= 4 is 34.1 Å². The highest BCUT2D eigenvalue weighted by Gasteiger charge is 2.21. The summed E-state index contributed by atoms with van der Waals surface area (Å²) in [5, 5.41) is 5.01. The number of nitrogens with zero attached hydrogens (tertiary/aromatic N) is 1. The summed E-state index contributed by atoms with van der Waals surface area (Å²) < 4.78 is 5.53. The normalized spacial score (nSPS) is 14.7. The smallest absolute Gasteiger partial charge is 0.226 e. The van der Waals surface area contributed by atoms with Crippen molar-refractivity contribution in [2.75, 3.05) is 32.1 Å². The first-order valence-electron chi connectivity index (χ1n) is 14.0. The van der Waals surface area contributed by atoms with E-state index in [0.29, 0.717) is 5.92 Å². The number of anilines is 1. The van der Waals surface area contributed by atoms with Gasteiger partial charge in [0.15, 0.2) is 0 Å². The van der Waals surface area contributed by atoms with E-state index in [9.17, 15) is 4.79 Å². The molecule has 3 aromatic carbocycles. The highest BCUT2D eigenvalue weighted by atomic mass is 35.5. The molecule has 0 radical (unpaired) electrons.